The first-order valence-corrected chi connectivity index (χ1v) is 7.40. The monoisotopic (exact) mass is 337 g/mol. The molecule has 0 bridgehead atoms. The van der Waals surface area contributed by atoms with E-state index in [0.717, 1.165) is 11.3 Å². The van der Waals surface area contributed by atoms with Crippen molar-refractivity contribution in [1.82, 2.24) is 9.78 Å². The molecular weight excluding hydrogens is 322 g/mol. The number of rotatable bonds is 4. The highest BCUT2D eigenvalue weighted by atomic mass is 35.5. The van der Waals surface area contributed by atoms with Crippen LogP contribution in [0.2, 0.25) is 5.02 Å². The summed E-state index contributed by atoms with van der Waals surface area (Å²) < 4.78 is 1.51. The molecule has 0 unspecified atom stereocenters. The fraction of sp³-hybridized carbons (Fsp3) is 0.214. The van der Waals surface area contributed by atoms with Gasteiger partial charge in [0.2, 0.25) is 0 Å². The Morgan fingerprint density at radius 1 is 1.41 bits per heavy atom. The largest absolute Gasteiger partial charge is 0.364 e. The molecule has 1 aromatic heterocycles. The summed E-state index contributed by atoms with van der Waals surface area (Å²) in [5.74, 6) is -0.566. The van der Waals surface area contributed by atoms with Gasteiger partial charge in [0, 0.05) is 17.3 Å². The van der Waals surface area contributed by atoms with Crippen molar-refractivity contribution in [2.45, 2.75) is 20.4 Å². The third-order valence-corrected chi connectivity index (χ3v) is 3.51. The van der Waals surface area contributed by atoms with Crippen molar-refractivity contribution in [2.75, 3.05) is 10.6 Å². The van der Waals surface area contributed by atoms with Gasteiger partial charge in [0.05, 0.1) is 11.9 Å². The average molecular weight is 338 g/mol. The number of primary amides is 1. The highest BCUT2D eigenvalue weighted by molar-refractivity contribution is 7.80. The zero-order valence-corrected chi connectivity index (χ0v) is 13.8. The maximum atomic E-state index is 11.5. The number of thiocarbonyl (C=S) groups is 1. The highest BCUT2D eigenvalue weighted by Gasteiger charge is 2.16. The molecule has 4 N–H and O–H groups in total. The fourth-order valence-corrected chi connectivity index (χ4v) is 2.37. The second-order valence-electron chi connectivity index (χ2n) is 4.63. The molecule has 2 aromatic rings. The topological polar surface area (TPSA) is 85.0 Å². The Labute approximate surface area is 138 Å². The van der Waals surface area contributed by atoms with Gasteiger partial charge in [0.25, 0.3) is 5.91 Å². The van der Waals surface area contributed by atoms with Gasteiger partial charge in [-0.1, -0.05) is 17.7 Å². The molecule has 0 aliphatic rings. The van der Waals surface area contributed by atoms with Gasteiger partial charge in [0.15, 0.2) is 5.11 Å². The minimum atomic E-state index is -0.566. The van der Waals surface area contributed by atoms with E-state index in [1.165, 1.54) is 10.9 Å². The quantitative estimate of drug-likeness (QED) is 0.747. The van der Waals surface area contributed by atoms with Gasteiger partial charge >= 0.3 is 0 Å². The number of benzene rings is 1. The summed E-state index contributed by atoms with van der Waals surface area (Å²) in [5.41, 5.74) is 7.92. The number of nitrogens with zero attached hydrogens (tertiary/aromatic N) is 2. The molecule has 0 fully saturated rings. The SMILES string of the molecule is CCn1ncc(NC(=S)Nc2cc(Cl)ccc2C)c1C(N)=O. The summed E-state index contributed by atoms with van der Waals surface area (Å²) in [4.78, 5) is 11.5. The van der Waals surface area contributed by atoms with Crippen LogP contribution < -0.4 is 16.4 Å². The lowest BCUT2D eigenvalue weighted by molar-refractivity contribution is 0.0991. The normalized spacial score (nSPS) is 10.3. The second kappa shape index (κ2) is 6.76. The number of aromatic nitrogens is 2. The molecule has 0 radical (unpaired) electrons. The molecule has 0 saturated heterocycles. The van der Waals surface area contributed by atoms with Crippen LogP contribution >= 0.6 is 23.8 Å². The van der Waals surface area contributed by atoms with Gasteiger partial charge in [-0.3, -0.25) is 9.48 Å². The number of hydrogen-bond donors (Lipinski definition) is 3. The highest BCUT2D eigenvalue weighted by Crippen LogP contribution is 2.21. The van der Waals surface area contributed by atoms with Crippen molar-refractivity contribution in [3.05, 3.63) is 40.7 Å². The Hall–Kier alpha value is -2.12. The molecule has 1 heterocycles. The van der Waals surface area contributed by atoms with Gasteiger partial charge in [-0.05, 0) is 43.8 Å². The van der Waals surface area contributed by atoms with Crippen molar-refractivity contribution in [1.29, 1.82) is 0 Å². The van der Waals surface area contributed by atoms with E-state index in [1.807, 2.05) is 19.9 Å². The smallest absolute Gasteiger partial charge is 0.269 e. The Balaban J connectivity index is 2.17. The van der Waals surface area contributed by atoms with Crippen LogP contribution in [0.25, 0.3) is 0 Å². The number of nitrogens with two attached hydrogens (primary N) is 1. The molecule has 1 aromatic carbocycles. The molecule has 0 aliphatic carbocycles. The van der Waals surface area contributed by atoms with E-state index in [1.54, 1.807) is 12.1 Å². The molecule has 0 atom stereocenters. The molecule has 116 valence electrons. The van der Waals surface area contributed by atoms with E-state index in [-0.39, 0.29) is 5.69 Å². The van der Waals surface area contributed by atoms with Crippen molar-refractivity contribution >= 4 is 46.2 Å². The maximum Gasteiger partial charge on any atom is 0.269 e. The number of nitrogens with one attached hydrogen (secondary N) is 2. The Morgan fingerprint density at radius 3 is 2.73 bits per heavy atom. The number of anilines is 2. The zero-order chi connectivity index (χ0) is 16.3. The van der Waals surface area contributed by atoms with E-state index in [4.69, 9.17) is 29.6 Å². The molecule has 0 saturated carbocycles. The minimum Gasteiger partial charge on any atom is -0.364 e. The molecule has 6 nitrogen and oxygen atoms in total. The number of halogens is 1. The maximum absolute atomic E-state index is 11.5. The summed E-state index contributed by atoms with van der Waals surface area (Å²) in [7, 11) is 0. The second-order valence-corrected chi connectivity index (χ2v) is 5.47. The van der Waals surface area contributed by atoms with E-state index >= 15 is 0 Å². The predicted octanol–water partition coefficient (Wildman–Crippen LogP) is 2.77. The van der Waals surface area contributed by atoms with Crippen molar-refractivity contribution in [2.24, 2.45) is 5.73 Å². The summed E-state index contributed by atoms with van der Waals surface area (Å²) in [5, 5.41) is 11.0. The summed E-state index contributed by atoms with van der Waals surface area (Å²) >= 11 is 11.2. The first-order valence-electron chi connectivity index (χ1n) is 6.62. The van der Waals surface area contributed by atoms with E-state index in [9.17, 15) is 4.79 Å². The third kappa shape index (κ3) is 3.55. The van der Waals surface area contributed by atoms with Crippen molar-refractivity contribution in [3.63, 3.8) is 0 Å². The molecule has 1 amide bonds. The van der Waals surface area contributed by atoms with Crippen LogP contribution in [0.4, 0.5) is 11.4 Å². The van der Waals surface area contributed by atoms with Gasteiger partial charge in [0.1, 0.15) is 5.69 Å². The number of carbonyl (C=O) groups excluding carboxylic acids is 1. The summed E-state index contributed by atoms with van der Waals surface area (Å²) in [6.07, 6.45) is 1.52. The molecule has 0 aliphatic heterocycles. The van der Waals surface area contributed by atoms with Gasteiger partial charge in [-0.15, -0.1) is 0 Å². The Kier molecular flexibility index (Phi) is 4.99. The van der Waals surface area contributed by atoms with E-state index in [2.05, 4.69) is 15.7 Å². The zero-order valence-electron chi connectivity index (χ0n) is 12.2. The van der Waals surface area contributed by atoms with E-state index in [0.29, 0.717) is 22.4 Å². The molecule has 0 spiro atoms. The van der Waals surface area contributed by atoms with Crippen molar-refractivity contribution in [3.8, 4) is 0 Å². The fourth-order valence-electron chi connectivity index (χ4n) is 1.98. The van der Waals surface area contributed by atoms with Crippen LogP contribution in [0.3, 0.4) is 0 Å². The van der Waals surface area contributed by atoms with Crippen LogP contribution in [0.15, 0.2) is 24.4 Å². The van der Waals surface area contributed by atoms with Crippen LogP contribution in [0.1, 0.15) is 23.0 Å². The molecule has 2 rings (SSSR count). The number of hydrogen-bond acceptors (Lipinski definition) is 3. The summed E-state index contributed by atoms with van der Waals surface area (Å²) in [6, 6.07) is 5.46. The van der Waals surface area contributed by atoms with Crippen molar-refractivity contribution < 1.29 is 4.79 Å². The molecule has 8 heteroatoms. The predicted molar refractivity (Wildman–Crippen MR) is 92.5 cm³/mol. The lowest BCUT2D eigenvalue weighted by Gasteiger charge is -2.12. The van der Waals surface area contributed by atoms with E-state index < -0.39 is 5.91 Å². The number of carbonyl (C=O) groups is 1. The lowest BCUT2D eigenvalue weighted by Crippen LogP contribution is -2.23. The van der Waals surface area contributed by atoms with Gasteiger partial charge in [-0.25, -0.2) is 0 Å². The minimum absolute atomic E-state index is 0.287. The van der Waals surface area contributed by atoms with Crippen LogP contribution in [-0.4, -0.2) is 20.8 Å². The first kappa shape index (κ1) is 16.3. The first-order chi connectivity index (χ1) is 10.4. The van der Waals surface area contributed by atoms with Crippen LogP contribution in [0.5, 0.6) is 0 Å². The number of aryl methyl sites for hydroxylation is 2. The Bertz CT molecular complexity index is 728. The van der Waals surface area contributed by atoms with Crippen LogP contribution in [0, 0.1) is 6.92 Å². The molecular formula is C14H16ClN5OS. The average Bonchev–Trinajstić information content (AvgIpc) is 2.85. The molecule has 22 heavy (non-hydrogen) atoms. The van der Waals surface area contributed by atoms with Gasteiger partial charge < -0.3 is 16.4 Å². The standard InChI is InChI=1S/C14H16ClN5OS/c1-3-20-12(13(16)21)11(7-17-20)19-14(22)18-10-6-9(15)5-4-8(10)2/h4-7H,3H2,1-2H3,(H2,16,21)(H2,18,19,22). The Morgan fingerprint density at radius 2 is 2.09 bits per heavy atom. The third-order valence-electron chi connectivity index (χ3n) is 3.07. The number of amides is 1. The van der Waals surface area contributed by atoms with Crippen LogP contribution in [-0.2, 0) is 6.54 Å². The lowest BCUT2D eigenvalue weighted by atomic mass is 10.2. The van der Waals surface area contributed by atoms with Gasteiger partial charge in [-0.2, -0.15) is 5.10 Å². The summed E-state index contributed by atoms with van der Waals surface area (Å²) in [6.45, 7) is 4.34.